The zero-order valence-electron chi connectivity index (χ0n) is 23.3. The molecule has 0 atom stereocenters. The Morgan fingerprint density at radius 1 is 0.976 bits per heavy atom. The lowest BCUT2D eigenvalue weighted by atomic mass is 9.96. The van der Waals surface area contributed by atoms with Gasteiger partial charge in [0.15, 0.2) is 5.65 Å². The van der Waals surface area contributed by atoms with Crippen LogP contribution in [0.25, 0.3) is 33.3 Å². The first-order valence-corrected chi connectivity index (χ1v) is 14.2. The van der Waals surface area contributed by atoms with Gasteiger partial charge in [0.25, 0.3) is 21.8 Å². The number of hydrogen-bond donors (Lipinski definition) is 1. The summed E-state index contributed by atoms with van der Waals surface area (Å²) in [5, 5.41) is 0.438. The summed E-state index contributed by atoms with van der Waals surface area (Å²) in [5.74, 6) is -2.14. The number of hydrogen-bond acceptors (Lipinski definition) is 6. The van der Waals surface area contributed by atoms with Crippen LogP contribution in [0.3, 0.4) is 0 Å². The summed E-state index contributed by atoms with van der Waals surface area (Å²) in [4.78, 5) is 30.7. The number of amides is 2. The van der Waals surface area contributed by atoms with Crippen LogP contribution in [0.2, 0.25) is 0 Å². The van der Waals surface area contributed by atoms with Crippen LogP contribution in [0.15, 0.2) is 84.0 Å². The Kier molecular flexibility index (Phi) is 7.29. The number of aromatic nitrogens is 2. The second-order valence-corrected chi connectivity index (χ2v) is 11.7. The first-order chi connectivity index (χ1) is 19.9. The number of aryl methyl sites for hydroxylation is 1. The van der Waals surface area contributed by atoms with E-state index in [1.165, 1.54) is 56.7 Å². The van der Waals surface area contributed by atoms with Gasteiger partial charge in [-0.1, -0.05) is 35.9 Å². The Hall–Kier alpha value is -5.03. The fraction of sp³-hybridized carbons (Fsp3) is 0.129. The first-order valence-electron chi connectivity index (χ1n) is 12.8. The SMILES string of the molecule is COc1ccccc1-c1cn(S(=O)(=O)c2ccc(C)cc2)c2ncc(-c3cc(F)c(C(N)=O)c(C(=O)N(C)C)c3)cc12. The molecule has 0 saturated carbocycles. The number of para-hydroxylation sites is 1. The lowest BCUT2D eigenvalue weighted by Crippen LogP contribution is -2.26. The van der Waals surface area contributed by atoms with Crippen molar-refractivity contribution < 1.29 is 27.1 Å². The molecule has 0 unspecified atom stereocenters. The molecular formula is C31H27FN4O5S. The summed E-state index contributed by atoms with van der Waals surface area (Å²) >= 11 is 0. The maximum atomic E-state index is 15.2. The van der Waals surface area contributed by atoms with Gasteiger partial charge in [-0.15, -0.1) is 0 Å². The molecule has 0 aliphatic carbocycles. The van der Waals surface area contributed by atoms with Gasteiger partial charge >= 0.3 is 0 Å². The van der Waals surface area contributed by atoms with Crippen molar-refractivity contribution in [2.24, 2.45) is 5.73 Å². The van der Waals surface area contributed by atoms with Gasteiger partial charge in [0.2, 0.25) is 0 Å². The zero-order chi connectivity index (χ0) is 30.3. The molecule has 2 amide bonds. The molecule has 2 N–H and O–H groups in total. The number of benzene rings is 3. The fourth-order valence-electron chi connectivity index (χ4n) is 4.76. The third-order valence-electron chi connectivity index (χ3n) is 6.89. The topological polar surface area (TPSA) is 125 Å². The van der Waals surface area contributed by atoms with E-state index in [-0.39, 0.29) is 21.7 Å². The van der Waals surface area contributed by atoms with E-state index in [1.54, 1.807) is 42.5 Å². The van der Waals surface area contributed by atoms with Gasteiger partial charge in [0.1, 0.15) is 11.6 Å². The lowest BCUT2D eigenvalue weighted by molar-refractivity contribution is 0.0819. The van der Waals surface area contributed by atoms with E-state index in [0.717, 1.165) is 15.6 Å². The second-order valence-electron chi connectivity index (χ2n) is 9.90. The van der Waals surface area contributed by atoms with Crippen molar-refractivity contribution >= 4 is 32.9 Å². The standard InChI is InChI=1S/C31H27FN4O5S/c1-18-9-11-21(12-10-18)42(39,40)36-17-25(22-7-5-6-8-27(22)41-4)23-14-20(16-34-30(23)36)19-13-24(31(38)35(2)3)28(29(33)37)26(32)15-19/h5-17H,1-4H3,(H2,33,37). The average Bonchev–Trinajstić information content (AvgIpc) is 3.35. The Bertz CT molecular complexity index is 1980. The van der Waals surface area contributed by atoms with Gasteiger partial charge in [-0.2, -0.15) is 0 Å². The summed E-state index contributed by atoms with van der Waals surface area (Å²) in [6.45, 7) is 1.86. The second kappa shape index (κ2) is 10.7. The van der Waals surface area contributed by atoms with Crippen molar-refractivity contribution in [3.05, 3.63) is 102 Å². The molecule has 2 heterocycles. The predicted octanol–water partition coefficient (Wildman–Crippen LogP) is 4.86. The van der Waals surface area contributed by atoms with Crippen LogP contribution in [0, 0.1) is 12.7 Å². The highest BCUT2D eigenvalue weighted by atomic mass is 32.2. The molecule has 9 nitrogen and oxygen atoms in total. The normalized spacial score (nSPS) is 11.5. The van der Waals surface area contributed by atoms with E-state index < -0.39 is 33.2 Å². The Labute approximate surface area is 242 Å². The van der Waals surface area contributed by atoms with E-state index >= 15 is 4.39 Å². The van der Waals surface area contributed by atoms with Gasteiger partial charge < -0.3 is 15.4 Å². The summed E-state index contributed by atoms with van der Waals surface area (Å²) in [5.41, 5.74) is 7.47. The van der Waals surface area contributed by atoms with Gasteiger partial charge in [0.05, 0.1) is 23.1 Å². The maximum absolute atomic E-state index is 15.2. The molecule has 0 bridgehead atoms. The van der Waals surface area contributed by atoms with Crippen LogP contribution in [0.4, 0.5) is 4.39 Å². The van der Waals surface area contributed by atoms with Crippen molar-refractivity contribution in [1.82, 2.24) is 13.9 Å². The van der Waals surface area contributed by atoms with Gasteiger partial charge in [-0.25, -0.2) is 21.8 Å². The lowest BCUT2D eigenvalue weighted by Gasteiger charge is -2.15. The summed E-state index contributed by atoms with van der Waals surface area (Å²) in [6, 6.07) is 17.7. The number of halogens is 1. The number of methoxy groups -OCH3 is 1. The smallest absolute Gasteiger partial charge is 0.269 e. The molecule has 0 aliphatic rings. The number of fused-ring (bicyclic) bond motifs is 1. The average molecular weight is 587 g/mol. The molecule has 3 aromatic carbocycles. The molecule has 0 saturated heterocycles. The Morgan fingerprint density at radius 3 is 2.31 bits per heavy atom. The van der Waals surface area contributed by atoms with E-state index in [2.05, 4.69) is 4.98 Å². The minimum atomic E-state index is -4.06. The molecule has 11 heteroatoms. The quantitative estimate of drug-likeness (QED) is 0.290. The highest BCUT2D eigenvalue weighted by molar-refractivity contribution is 7.90. The van der Waals surface area contributed by atoms with Crippen LogP contribution < -0.4 is 10.5 Å². The molecule has 5 rings (SSSR count). The number of pyridine rings is 1. The van der Waals surface area contributed by atoms with Crippen molar-refractivity contribution in [3.63, 3.8) is 0 Å². The zero-order valence-corrected chi connectivity index (χ0v) is 24.1. The maximum Gasteiger partial charge on any atom is 0.269 e. The molecule has 5 aromatic rings. The largest absolute Gasteiger partial charge is 0.496 e. The number of carbonyl (C=O) groups is 2. The van der Waals surface area contributed by atoms with E-state index in [9.17, 15) is 18.0 Å². The molecule has 214 valence electrons. The molecule has 0 spiro atoms. The van der Waals surface area contributed by atoms with Crippen LogP contribution in [0.1, 0.15) is 26.3 Å². The minimum Gasteiger partial charge on any atom is -0.496 e. The van der Waals surface area contributed by atoms with Crippen molar-refractivity contribution in [2.45, 2.75) is 11.8 Å². The molecule has 42 heavy (non-hydrogen) atoms. The van der Waals surface area contributed by atoms with Gasteiger partial charge in [-0.05, 0) is 48.9 Å². The number of rotatable bonds is 7. The third kappa shape index (κ3) is 4.88. The number of ether oxygens (including phenoxy) is 1. The molecule has 0 radical (unpaired) electrons. The Balaban J connectivity index is 1.80. The van der Waals surface area contributed by atoms with Crippen LogP contribution in [-0.2, 0) is 10.0 Å². The molecule has 0 fully saturated rings. The minimum absolute atomic E-state index is 0.0819. The van der Waals surface area contributed by atoms with Crippen molar-refractivity contribution in [3.8, 4) is 28.0 Å². The number of nitrogens with two attached hydrogens (primary N) is 1. The number of nitrogens with zero attached hydrogens (tertiary/aromatic N) is 3. The summed E-state index contributed by atoms with van der Waals surface area (Å²) in [7, 11) is 0.395. The molecule has 2 aromatic heterocycles. The molecular weight excluding hydrogens is 559 g/mol. The van der Waals surface area contributed by atoms with Gasteiger partial charge in [0, 0.05) is 48.6 Å². The van der Waals surface area contributed by atoms with E-state index in [4.69, 9.17) is 10.5 Å². The summed E-state index contributed by atoms with van der Waals surface area (Å²) in [6.07, 6.45) is 2.87. The van der Waals surface area contributed by atoms with E-state index in [0.29, 0.717) is 27.8 Å². The van der Waals surface area contributed by atoms with E-state index in [1.807, 2.05) is 6.92 Å². The highest BCUT2D eigenvalue weighted by Gasteiger charge is 2.26. The number of primary amides is 1. The van der Waals surface area contributed by atoms with Crippen LogP contribution in [-0.4, -0.2) is 55.3 Å². The summed E-state index contributed by atoms with van der Waals surface area (Å²) < 4.78 is 49.5. The molecule has 0 aliphatic heterocycles. The third-order valence-corrected chi connectivity index (χ3v) is 8.56. The van der Waals surface area contributed by atoms with Crippen molar-refractivity contribution in [2.75, 3.05) is 21.2 Å². The van der Waals surface area contributed by atoms with Crippen LogP contribution in [0.5, 0.6) is 5.75 Å². The Morgan fingerprint density at radius 2 is 1.67 bits per heavy atom. The highest BCUT2D eigenvalue weighted by Crippen LogP contribution is 2.39. The van der Waals surface area contributed by atoms with Gasteiger partial charge in [-0.3, -0.25) is 9.59 Å². The fourth-order valence-corrected chi connectivity index (χ4v) is 6.08. The van der Waals surface area contributed by atoms with Crippen molar-refractivity contribution in [1.29, 1.82) is 0 Å². The van der Waals surface area contributed by atoms with Crippen LogP contribution >= 0.6 is 0 Å². The first kappa shape index (κ1) is 28.5. The monoisotopic (exact) mass is 586 g/mol. The predicted molar refractivity (Wildman–Crippen MR) is 157 cm³/mol. The number of carbonyl (C=O) groups excluding carboxylic acids is 2.